The van der Waals surface area contributed by atoms with E-state index in [9.17, 15) is 5.11 Å². The highest BCUT2D eigenvalue weighted by Crippen LogP contribution is 2.40. The summed E-state index contributed by atoms with van der Waals surface area (Å²) < 4.78 is 12.6. The predicted octanol–water partition coefficient (Wildman–Crippen LogP) is 2.63. The summed E-state index contributed by atoms with van der Waals surface area (Å²) in [4.78, 5) is 8.29. The Labute approximate surface area is 155 Å². The van der Waals surface area contributed by atoms with E-state index in [2.05, 4.69) is 27.1 Å². The summed E-state index contributed by atoms with van der Waals surface area (Å²) in [5.74, 6) is 1.66. The van der Waals surface area contributed by atoms with Crippen LogP contribution in [0.25, 0.3) is 4.96 Å². The standard InChI is InChI=1S/C18H22N4O3S/c1-3-25-14-6-4-13(5-7-14)15(21-8-10-24-11-9-21)16-17(23)22-18(26-16)19-12(2)20-22/h4-7,15,23H,3,8-11H2,1-2H3/t15-/m1/s1. The van der Waals surface area contributed by atoms with Gasteiger partial charge in [-0.05, 0) is 31.5 Å². The van der Waals surface area contributed by atoms with Crippen LogP contribution in [0.15, 0.2) is 24.3 Å². The lowest BCUT2D eigenvalue weighted by Gasteiger charge is -2.34. The molecule has 1 aromatic carbocycles. The molecule has 3 heterocycles. The molecule has 2 aromatic heterocycles. The third-order valence-electron chi connectivity index (χ3n) is 4.47. The molecule has 0 amide bonds. The second-order valence-corrected chi connectivity index (χ2v) is 7.21. The van der Waals surface area contributed by atoms with E-state index in [0.717, 1.165) is 29.3 Å². The van der Waals surface area contributed by atoms with Gasteiger partial charge in [0, 0.05) is 13.1 Å². The first kappa shape index (κ1) is 17.3. The molecular weight excluding hydrogens is 352 g/mol. The maximum atomic E-state index is 10.8. The highest BCUT2D eigenvalue weighted by Gasteiger charge is 2.30. The van der Waals surface area contributed by atoms with Crippen molar-refractivity contribution in [3.05, 3.63) is 40.5 Å². The lowest BCUT2D eigenvalue weighted by molar-refractivity contribution is 0.0241. The van der Waals surface area contributed by atoms with E-state index in [1.54, 1.807) is 0 Å². The fraction of sp³-hybridized carbons (Fsp3) is 0.444. The van der Waals surface area contributed by atoms with Crippen molar-refractivity contribution in [2.75, 3.05) is 32.9 Å². The zero-order valence-corrected chi connectivity index (χ0v) is 15.7. The minimum atomic E-state index is -0.0663. The molecule has 1 N–H and O–H groups in total. The van der Waals surface area contributed by atoms with E-state index in [1.165, 1.54) is 15.9 Å². The van der Waals surface area contributed by atoms with Gasteiger partial charge in [0.2, 0.25) is 10.8 Å². The largest absolute Gasteiger partial charge is 0.494 e. The Morgan fingerprint density at radius 3 is 2.65 bits per heavy atom. The van der Waals surface area contributed by atoms with Gasteiger partial charge in [-0.2, -0.15) is 4.52 Å². The lowest BCUT2D eigenvalue weighted by atomic mass is 10.0. The maximum Gasteiger partial charge on any atom is 0.230 e. The highest BCUT2D eigenvalue weighted by atomic mass is 32.1. The molecule has 0 aliphatic carbocycles. The normalized spacial score (nSPS) is 16.8. The SMILES string of the molecule is CCOc1ccc([C@H](c2sc3nc(C)nn3c2O)N2CCOCC2)cc1. The second kappa shape index (κ2) is 7.22. The number of aromatic nitrogens is 3. The van der Waals surface area contributed by atoms with Gasteiger partial charge in [0.05, 0.1) is 30.7 Å². The number of nitrogens with zero attached hydrogens (tertiary/aromatic N) is 4. The van der Waals surface area contributed by atoms with Crippen molar-refractivity contribution >= 4 is 16.3 Å². The van der Waals surface area contributed by atoms with Crippen LogP contribution in [0.4, 0.5) is 0 Å². The van der Waals surface area contributed by atoms with E-state index < -0.39 is 0 Å². The third-order valence-corrected chi connectivity index (χ3v) is 5.54. The molecule has 0 bridgehead atoms. The smallest absolute Gasteiger partial charge is 0.230 e. The molecule has 1 fully saturated rings. The number of hydrogen-bond acceptors (Lipinski definition) is 7. The highest BCUT2D eigenvalue weighted by molar-refractivity contribution is 7.17. The first-order chi connectivity index (χ1) is 12.7. The fourth-order valence-electron chi connectivity index (χ4n) is 3.30. The minimum Gasteiger partial charge on any atom is -0.494 e. The summed E-state index contributed by atoms with van der Waals surface area (Å²) in [7, 11) is 0. The Morgan fingerprint density at radius 2 is 2.00 bits per heavy atom. The van der Waals surface area contributed by atoms with Crippen molar-refractivity contribution in [1.82, 2.24) is 19.5 Å². The molecule has 3 aromatic rings. The van der Waals surface area contributed by atoms with Gasteiger partial charge in [0.15, 0.2) is 0 Å². The minimum absolute atomic E-state index is 0.0663. The number of morpholine rings is 1. The van der Waals surface area contributed by atoms with E-state index in [0.29, 0.717) is 30.6 Å². The van der Waals surface area contributed by atoms with Crippen molar-refractivity contribution in [2.24, 2.45) is 0 Å². The van der Waals surface area contributed by atoms with E-state index in [4.69, 9.17) is 9.47 Å². The van der Waals surface area contributed by atoms with Crippen molar-refractivity contribution < 1.29 is 14.6 Å². The number of aryl methyl sites for hydroxylation is 1. The predicted molar refractivity (Wildman–Crippen MR) is 99.1 cm³/mol. The molecule has 8 heteroatoms. The molecule has 0 radical (unpaired) electrons. The Bertz CT molecular complexity index is 884. The molecule has 138 valence electrons. The Hall–Kier alpha value is -2.16. The summed E-state index contributed by atoms with van der Waals surface area (Å²) in [6.07, 6.45) is 0. The van der Waals surface area contributed by atoms with Crippen LogP contribution in [0.1, 0.15) is 29.2 Å². The van der Waals surface area contributed by atoms with Crippen LogP contribution in [0.3, 0.4) is 0 Å². The fourth-order valence-corrected chi connectivity index (χ4v) is 4.47. The topological polar surface area (TPSA) is 72.1 Å². The zero-order chi connectivity index (χ0) is 18.1. The van der Waals surface area contributed by atoms with Crippen molar-refractivity contribution in [3.63, 3.8) is 0 Å². The van der Waals surface area contributed by atoms with Gasteiger partial charge in [-0.15, -0.1) is 5.10 Å². The first-order valence-corrected chi connectivity index (χ1v) is 9.58. The van der Waals surface area contributed by atoms with Gasteiger partial charge >= 0.3 is 0 Å². The first-order valence-electron chi connectivity index (χ1n) is 8.77. The molecule has 26 heavy (non-hydrogen) atoms. The third kappa shape index (κ3) is 3.15. The maximum absolute atomic E-state index is 10.8. The van der Waals surface area contributed by atoms with Crippen molar-refractivity contribution in [3.8, 4) is 11.6 Å². The number of thiazole rings is 1. The van der Waals surface area contributed by atoms with Gasteiger partial charge in [0.25, 0.3) is 0 Å². The van der Waals surface area contributed by atoms with Crippen LogP contribution >= 0.6 is 11.3 Å². The summed E-state index contributed by atoms with van der Waals surface area (Å²) in [5.41, 5.74) is 1.10. The Morgan fingerprint density at radius 1 is 1.27 bits per heavy atom. The van der Waals surface area contributed by atoms with E-state index >= 15 is 0 Å². The van der Waals surface area contributed by atoms with Gasteiger partial charge < -0.3 is 14.6 Å². The number of aromatic hydroxyl groups is 1. The van der Waals surface area contributed by atoms with Crippen LogP contribution < -0.4 is 4.74 Å². The second-order valence-electron chi connectivity index (χ2n) is 6.20. The molecule has 1 atom stereocenters. The summed E-state index contributed by atoms with van der Waals surface area (Å²) >= 11 is 1.48. The van der Waals surface area contributed by atoms with Crippen LogP contribution in [0.2, 0.25) is 0 Å². The van der Waals surface area contributed by atoms with Crippen LogP contribution in [-0.4, -0.2) is 57.5 Å². The molecule has 1 aliphatic rings. The Balaban J connectivity index is 1.76. The van der Waals surface area contributed by atoms with Crippen molar-refractivity contribution in [2.45, 2.75) is 19.9 Å². The number of benzene rings is 1. The van der Waals surface area contributed by atoms with Crippen LogP contribution in [0, 0.1) is 6.92 Å². The van der Waals surface area contributed by atoms with Crippen LogP contribution in [0.5, 0.6) is 11.6 Å². The van der Waals surface area contributed by atoms with Gasteiger partial charge in [0.1, 0.15) is 11.6 Å². The average Bonchev–Trinajstić information content (AvgIpc) is 3.16. The molecule has 0 saturated carbocycles. The molecule has 1 saturated heterocycles. The number of rotatable bonds is 5. The van der Waals surface area contributed by atoms with Crippen LogP contribution in [-0.2, 0) is 4.74 Å². The van der Waals surface area contributed by atoms with Gasteiger partial charge in [-0.1, -0.05) is 23.5 Å². The molecular formula is C18H22N4O3S. The number of fused-ring (bicyclic) bond motifs is 1. The summed E-state index contributed by atoms with van der Waals surface area (Å²) in [6.45, 7) is 7.43. The van der Waals surface area contributed by atoms with Crippen molar-refractivity contribution in [1.29, 1.82) is 0 Å². The number of ether oxygens (including phenoxy) is 2. The van der Waals surface area contributed by atoms with E-state index in [1.807, 2.05) is 26.0 Å². The monoisotopic (exact) mass is 374 g/mol. The molecule has 0 unspecified atom stereocenters. The molecule has 4 rings (SSSR count). The zero-order valence-electron chi connectivity index (χ0n) is 14.9. The summed E-state index contributed by atoms with van der Waals surface area (Å²) in [6, 6.07) is 8.01. The van der Waals surface area contributed by atoms with Gasteiger partial charge in [-0.25, -0.2) is 4.98 Å². The average molecular weight is 374 g/mol. The molecule has 0 spiro atoms. The number of hydrogen-bond donors (Lipinski definition) is 1. The molecule has 7 nitrogen and oxygen atoms in total. The lowest BCUT2D eigenvalue weighted by Crippen LogP contribution is -2.39. The summed E-state index contributed by atoms with van der Waals surface area (Å²) in [5, 5.41) is 15.1. The quantitative estimate of drug-likeness (QED) is 0.740. The van der Waals surface area contributed by atoms with E-state index in [-0.39, 0.29) is 11.9 Å². The Kier molecular flexibility index (Phi) is 4.80. The molecule has 1 aliphatic heterocycles. The van der Waals surface area contributed by atoms with Gasteiger partial charge in [-0.3, -0.25) is 4.90 Å².